The molecule has 0 aliphatic rings. The highest BCUT2D eigenvalue weighted by Crippen LogP contribution is 2.22. The van der Waals surface area contributed by atoms with Gasteiger partial charge >= 0.3 is 0 Å². The fourth-order valence-electron chi connectivity index (χ4n) is 1.11. The molecule has 12 heavy (non-hydrogen) atoms. The highest BCUT2D eigenvalue weighted by molar-refractivity contribution is 6.35. The summed E-state index contributed by atoms with van der Waals surface area (Å²) in [6.45, 7) is 0. The zero-order chi connectivity index (χ0) is 8.55. The molecule has 3 heteroatoms. The Kier molecular flexibility index (Phi) is 1.70. The van der Waals surface area contributed by atoms with Crippen LogP contribution < -0.4 is 0 Å². The van der Waals surface area contributed by atoms with Crippen molar-refractivity contribution in [2.75, 3.05) is 0 Å². The van der Waals surface area contributed by atoms with Gasteiger partial charge in [0, 0.05) is 11.6 Å². The molecule has 0 aliphatic heterocycles. The van der Waals surface area contributed by atoms with E-state index in [4.69, 9.17) is 11.6 Å². The molecule has 1 aromatic heterocycles. The molecule has 0 unspecified atom stereocenters. The van der Waals surface area contributed by atoms with Crippen LogP contribution >= 0.6 is 11.6 Å². The van der Waals surface area contributed by atoms with Crippen molar-refractivity contribution in [2.45, 2.75) is 0 Å². The van der Waals surface area contributed by atoms with Gasteiger partial charge in [-0.2, -0.15) is 0 Å². The van der Waals surface area contributed by atoms with Crippen LogP contribution in [0.15, 0.2) is 30.5 Å². The lowest BCUT2D eigenvalue weighted by atomic mass is 10.2. The van der Waals surface area contributed by atoms with Crippen molar-refractivity contribution in [3.05, 3.63) is 41.3 Å². The predicted octanol–water partition coefficient (Wildman–Crippen LogP) is 3.03. The van der Waals surface area contributed by atoms with Gasteiger partial charge < -0.3 is 0 Å². The van der Waals surface area contributed by atoms with Gasteiger partial charge in [0.15, 0.2) is 0 Å². The molecule has 60 valence electrons. The normalized spacial score (nSPS) is 10.5. The molecule has 0 saturated heterocycles. The summed E-state index contributed by atoms with van der Waals surface area (Å²) in [6.07, 6.45) is 1.49. The number of benzene rings is 1. The highest BCUT2D eigenvalue weighted by Gasteiger charge is 2.02. The number of halogens is 2. The van der Waals surface area contributed by atoms with Crippen molar-refractivity contribution < 1.29 is 4.39 Å². The zero-order valence-electron chi connectivity index (χ0n) is 6.09. The van der Waals surface area contributed by atoms with Crippen LogP contribution in [0.5, 0.6) is 0 Å². The Hall–Kier alpha value is -1.15. The maximum atomic E-state index is 13.0. The zero-order valence-corrected chi connectivity index (χ0v) is 6.85. The Morgan fingerprint density at radius 3 is 2.83 bits per heavy atom. The minimum Gasteiger partial charge on any atom is -0.253 e. The third-order valence-electron chi connectivity index (χ3n) is 1.67. The Bertz CT molecular complexity index is 387. The summed E-state index contributed by atoms with van der Waals surface area (Å²) in [4.78, 5) is 3.88. The first-order valence-electron chi connectivity index (χ1n) is 3.48. The third-order valence-corrected chi connectivity index (χ3v) is 2.00. The molecular weight excluding hydrogens is 177 g/mol. The Balaban J connectivity index is 2.94. The second-order valence-electron chi connectivity index (χ2n) is 2.43. The van der Waals surface area contributed by atoms with E-state index in [1.165, 1.54) is 12.3 Å². The monoisotopic (exact) mass is 181 g/mol. The van der Waals surface area contributed by atoms with Gasteiger partial charge in [0.1, 0.15) is 11.3 Å². The number of rotatable bonds is 0. The lowest BCUT2D eigenvalue weighted by molar-refractivity contribution is 0.637. The van der Waals surface area contributed by atoms with Crippen LogP contribution in [0.2, 0.25) is 5.02 Å². The average Bonchev–Trinajstić information content (AvgIpc) is 2.07. The van der Waals surface area contributed by atoms with Crippen LogP contribution in [0, 0.1) is 5.82 Å². The van der Waals surface area contributed by atoms with E-state index >= 15 is 0 Å². The molecule has 1 nitrogen and oxygen atoms in total. The van der Waals surface area contributed by atoms with E-state index in [-0.39, 0.29) is 5.82 Å². The smallest absolute Gasteiger partial charge is 0.149 e. The molecule has 0 radical (unpaired) electrons. The van der Waals surface area contributed by atoms with E-state index in [1.54, 1.807) is 18.2 Å². The maximum absolute atomic E-state index is 13.0. The van der Waals surface area contributed by atoms with Crippen molar-refractivity contribution >= 4 is 22.5 Å². The number of hydrogen-bond acceptors (Lipinski definition) is 1. The van der Waals surface area contributed by atoms with Gasteiger partial charge in [-0.25, -0.2) is 4.39 Å². The van der Waals surface area contributed by atoms with Gasteiger partial charge in [-0.3, -0.25) is 4.98 Å². The molecule has 0 bridgehead atoms. The van der Waals surface area contributed by atoms with Gasteiger partial charge in [-0.15, -0.1) is 0 Å². The van der Waals surface area contributed by atoms with E-state index in [9.17, 15) is 4.39 Å². The van der Waals surface area contributed by atoms with E-state index in [0.717, 1.165) is 0 Å². The molecule has 0 N–H and O–H groups in total. The van der Waals surface area contributed by atoms with Gasteiger partial charge in [-0.1, -0.05) is 23.7 Å². The van der Waals surface area contributed by atoms with Crippen LogP contribution in [0.25, 0.3) is 10.9 Å². The molecule has 2 rings (SSSR count). The van der Waals surface area contributed by atoms with Gasteiger partial charge in [-0.05, 0) is 12.1 Å². The van der Waals surface area contributed by atoms with Crippen LogP contribution in [-0.4, -0.2) is 4.98 Å². The minimum atomic E-state index is -0.338. The number of para-hydroxylation sites is 1. The first-order chi connectivity index (χ1) is 5.79. The highest BCUT2D eigenvalue weighted by atomic mass is 35.5. The molecule has 0 fully saturated rings. The van der Waals surface area contributed by atoms with Crippen LogP contribution in [0.1, 0.15) is 0 Å². The summed E-state index contributed by atoms with van der Waals surface area (Å²) in [5, 5.41) is 1.18. The van der Waals surface area contributed by atoms with Crippen molar-refractivity contribution in [1.29, 1.82) is 0 Å². The molecule has 1 heterocycles. The number of nitrogens with zero attached hydrogens (tertiary/aromatic N) is 1. The summed E-state index contributed by atoms with van der Waals surface area (Å²) in [5.41, 5.74) is 0.324. The molecule has 0 saturated carbocycles. The van der Waals surface area contributed by atoms with Crippen molar-refractivity contribution in [1.82, 2.24) is 4.98 Å². The molecule has 2 aromatic rings. The molecule has 0 spiro atoms. The number of aromatic nitrogens is 1. The lowest BCUT2D eigenvalue weighted by Gasteiger charge is -1.98. The van der Waals surface area contributed by atoms with E-state index in [0.29, 0.717) is 15.9 Å². The van der Waals surface area contributed by atoms with E-state index in [1.807, 2.05) is 0 Å². The van der Waals surface area contributed by atoms with Crippen LogP contribution in [0.3, 0.4) is 0 Å². The van der Waals surface area contributed by atoms with Crippen molar-refractivity contribution in [3.8, 4) is 0 Å². The fraction of sp³-hybridized carbons (Fsp3) is 0. The molecular formula is C9H5ClFN. The van der Waals surface area contributed by atoms with Gasteiger partial charge in [0.05, 0.1) is 5.02 Å². The second kappa shape index (κ2) is 2.72. The summed E-state index contributed by atoms with van der Waals surface area (Å²) in [7, 11) is 0. The van der Waals surface area contributed by atoms with E-state index < -0.39 is 0 Å². The first-order valence-corrected chi connectivity index (χ1v) is 3.85. The molecule has 1 aromatic carbocycles. The fourth-order valence-corrected chi connectivity index (χ4v) is 1.32. The number of fused-ring (bicyclic) bond motifs is 1. The SMILES string of the molecule is Fc1cccc2c(Cl)ccnc12. The largest absolute Gasteiger partial charge is 0.253 e. The third kappa shape index (κ3) is 1.04. The summed E-state index contributed by atoms with van der Waals surface area (Å²) in [5.74, 6) is -0.338. The maximum Gasteiger partial charge on any atom is 0.149 e. The Labute approximate surface area is 73.8 Å². The van der Waals surface area contributed by atoms with Crippen LogP contribution in [0.4, 0.5) is 4.39 Å². The topological polar surface area (TPSA) is 12.9 Å². The molecule has 0 amide bonds. The van der Waals surface area contributed by atoms with E-state index in [2.05, 4.69) is 4.98 Å². The van der Waals surface area contributed by atoms with Crippen molar-refractivity contribution in [2.24, 2.45) is 0 Å². The number of hydrogen-bond donors (Lipinski definition) is 0. The van der Waals surface area contributed by atoms with Crippen molar-refractivity contribution in [3.63, 3.8) is 0 Å². The summed E-state index contributed by atoms with van der Waals surface area (Å²) < 4.78 is 13.0. The van der Waals surface area contributed by atoms with Gasteiger partial charge in [0.25, 0.3) is 0 Å². The Morgan fingerprint density at radius 1 is 1.25 bits per heavy atom. The van der Waals surface area contributed by atoms with Gasteiger partial charge in [0.2, 0.25) is 0 Å². The standard InChI is InChI=1S/C9H5ClFN/c10-7-4-5-12-9-6(7)2-1-3-8(9)11/h1-5H. The first kappa shape index (κ1) is 7.50. The molecule has 0 aliphatic carbocycles. The minimum absolute atomic E-state index is 0.324. The lowest BCUT2D eigenvalue weighted by Crippen LogP contribution is -1.83. The quantitative estimate of drug-likeness (QED) is 0.609. The summed E-state index contributed by atoms with van der Waals surface area (Å²) in [6, 6.07) is 6.37. The Morgan fingerprint density at radius 2 is 2.08 bits per heavy atom. The summed E-state index contributed by atoms with van der Waals surface area (Å²) >= 11 is 5.82. The average molecular weight is 182 g/mol. The van der Waals surface area contributed by atoms with Crippen LogP contribution in [-0.2, 0) is 0 Å². The second-order valence-corrected chi connectivity index (χ2v) is 2.84. The number of pyridine rings is 1. The molecule has 0 atom stereocenters. The predicted molar refractivity (Wildman–Crippen MR) is 46.7 cm³/mol.